The maximum atomic E-state index is 11.4. The van der Waals surface area contributed by atoms with Crippen molar-refractivity contribution in [1.29, 1.82) is 0 Å². The average Bonchev–Trinajstić information content (AvgIpc) is 2.82. The van der Waals surface area contributed by atoms with Crippen molar-refractivity contribution >= 4 is 26.6 Å². The van der Waals surface area contributed by atoms with E-state index in [0.29, 0.717) is 12.1 Å². The Labute approximate surface area is 99.0 Å². The van der Waals surface area contributed by atoms with Gasteiger partial charge in [-0.15, -0.1) is 0 Å². The number of nitrogens with two attached hydrogens (primary N) is 1. The van der Waals surface area contributed by atoms with Gasteiger partial charge >= 0.3 is 0 Å². The maximum Gasteiger partial charge on any atom is 0.151 e. The number of nitrogen functional groups attached to an aromatic ring is 1. The number of hydrogen-bond donors (Lipinski definition) is 2. The zero-order valence-corrected chi connectivity index (χ0v) is 10.00. The SMILES string of the molecule is Nc1cccc2[nH]c(C3CCS(=O)(=O)C3)nc12. The highest BCUT2D eigenvalue weighted by molar-refractivity contribution is 7.91. The zero-order chi connectivity index (χ0) is 12.0. The van der Waals surface area contributed by atoms with Gasteiger partial charge in [0.05, 0.1) is 22.7 Å². The molecular weight excluding hydrogens is 238 g/mol. The van der Waals surface area contributed by atoms with E-state index in [9.17, 15) is 8.42 Å². The molecule has 2 aromatic rings. The van der Waals surface area contributed by atoms with E-state index >= 15 is 0 Å². The topological polar surface area (TPSA) is 88.8 Å². The number of rotatable bonds is 1. The van der Waals surface area contributed by atoms with Crippen molar-refractivity contribution < 1.29 is 8.42 Å². The van der Waals surface area contributed by atoms with Crippen LogP contribution in [0, 0.1) is 0 Å². The number of imidazole rings is 1. The van der Waals surface area contributed by atoms with Crippen LogP contribution in [0.25, 0.3) is 11.0 Å². The summed E-state index contributed by atoms with van der Waals surface area (Å²) in [5, 5.41) is 0. The number of aromatic amines is 1. The van der Waals surface area contributed by atoms with Gasteiger partial charge in [-0.05, 0) is 18.6 Å². The largest absolute Gasteiger partial charge is 0.397 e. The molecule has 1 fully saturated rings. The minimum Gasteiger partial charge on any atom is -0.397 e. The summed E-state index contributed by atoms with van der Waals surface area (Å²) in [6.45, 7) is 0. The minimum atomic E-state index is -2.88. The molecule has 0 spiro atoms. The van der Waals surface area contributed by atoms with Gasteiger partial charge in [0, 0.05) is 5.92 Å². The Kier molecular flexibility index (Phi) is 2.16. The van der Waals surface area contributed by atoms with Crippen molar-refractivity contribution in [3.63, 3.8) is 0 Å². The number of nitrogens with zero attached hydrogens (tertiary/aromatic N) is 1. The van der Waals surface area contributed by atoms with Gasteiger partial charge in [0.2, 0.25) is 0 Å². The van der Waals surface area contributed by atoms with Gasteiger partial charge in [-0.2, -0.15) is 0 Å². The third-order valence-electron chi connectivity index (χ3n) is 3.18. The minimum absolute atomic E-state index is 0.0215. The first-order valence-corrected chi connectivity index (χ1v) is 7.32. The molecule has 1 saturated heterocycles. The van der Waals surface area contributed by atoms with Gasteiger partial charge in [0.1, 0.15) is 11.3 Å². The fourth-order valence-corrected chi connectivity index (χ4v) is 4.03. The Morgan fingerprint density at radius 3 is 2.88 bits per heavy atom. The number of anilines is 1. The molecule has 0 saturated carbocycles. The number of H-pyrrole nitrogens is 1. The summed E-state index contributed by atoms with van der Waals surface area (Å²) in [7, 11) is -2.88. The molecular formula is C11H13N3O2S. The van der Waals surface area contributed by atoms with E-state index in [1.807, 2.05) is 12.1 Å². The lowest BCUT2D eigenvalue weighted by molar-refractivity contribution is 0.601. The number of benzene rings is 1. The second-order valence-electron chi connectivity index (χ2n) is 4.47. The first kappa shape index (κ1) is 10.6. The van der Waals surface area contributed by atoms with Gasteiger partial charge in [0.25, 0.3) is 0 Å². The predicted octanol–water partition coefficient (Wildman–Crippen LogP) is 1.05. The first-order chi connectivity index (χ1) is 8.05. The third kappa shape index (κ3) is 1.78. The van der Waals surface area contributed by atoms with Gasteiger partial charge in [-0.3, -0.25) is 0 Å². The fourth-order valence-electron chi connectivity index (χ4n) is 2.28. The standard InChI is InChI=1S/C11H13N3O2S/c12-8-2-1-3-9-10(8)14-11(13-9)7-4-5-17(15,16)6-7/h1-3,7H,4-6,12H2,(H,13,14). The first-order valence-electron chi connectivity index (χ1n) is 5.50. The van der Waals surface area contributed by atoms with Crippen LogP contribution in [-0.2, 0) is 9.84 Å². The molecule has 1 aliphatic rings. The van der Waals surface area contributed by atoms with Crippen LogP contribution >= 0.6 is 0 Å². The van der Waals surface area contributed by atoms with Crippen LogP contribution in [-0.4, -0.2) is 29.9 Å². The lowest BCUT2D eigenvalue weighted by Crippen LogP contribution is -2.04. The van der Waals surface area contributed by atoms with Gasteiger partial charge in [-0.25, -0.2) is 13.4 Å². The van der Waals surface area contributed by atoms with E-state index < -0.39 is 9.84 Å². The second-order valence-corrected chi connectivity index (χ2v) is 6.69. The summed E-state index contributed by atoms with van der Waals surface area (Å²) in [6.07, 6.45) is 0.641. The summed E-state index contributed by atoms with van der Waals surface area (Å²) in [5.74, 6) is 1.16. The van der Waals surface area contributed by atoms with Crippen molar-refractivity contribution in [2.24, 2.45) is 0 Å². The highest BCUT2D eigenvalue weighted by atomic mass is 32.2. The van der Waals surface area contributed by atoms with Crippen molar-refractivity contribution in [3.05, 3.63) is 24.0 Å². The molecule has 1 aliphatic heterocycles. The Morgan fingerprint density at radius 2 is 2.24 bits per heavy atom. The van der Waals surface area contributed by atoms with E-state index in [1.54, 1.807) is 6.07 Å². The molecule has 1 unspecified atom stereocenters. The zero-order valence-electron chi connectivity index (χ0n) is 9.18. The Morgan fingerprint density at radius 1 is 1.41 bits per heavy atom. The highest BCUT2D eigenvalue weighted by Gasteiger charge is 2.31. The molecule has 0 bridgehead atoms. The van der Waals surface area contributed by atoms with Crippen LogP contribution in [0.2, 0.25) is 0 Å². The molecule has 17 heavy (non-hydrogen) atoms. The molecule has 3 N–H and O–H groups in total. The maximum absolute atomic E-state index is 11.4. The van der Waals surface area contributed by atoms with E-state index in [-0.39, 0.29) is 17.4 Å². The monoisotopic (exact) mass is 251 g/mol. The van der Waals surface area contributed by atoms with Crippen molar-refractivity contribution in [2.45, 2.75) is 12.3 Å². The van der Waals surface area contributed by atoms with Crippen molar-refractivity contribution in [2.75, 3.05) is 17.2 Å². The van der Waals surface area contributed by atoms with Gasteiger partial charge in [-0.1, -0.05) is 6.07 Å². The molecule has 1 aromatic carbocycles. The molecule has 1 aromatic heterocycles. The van der Waals surface area contributed by atoms with Crippen LogP contribution in [0.5, 0.6) is 0 Å². The number of sulfone groups is 1. The summed E-state index contributed by atoms with van der Waals surface area (Å²) in [6, 6.07) is 5.54. The number of aromatic nitrogens is 2. The molecule has 6 heteroatoms. The number of para-hydroxylation sites is 1. The Balaban J connectivity index is 2.05. The van der Waals surface area contributed by atoms with E-state index in [4.69, 9.17) is 5.73 Å². The normalized spacial score (nSPS) is 23.2. The molecule has 2 heterocycles. The van der Waals surface area contributed by atoms with E-state index in [0.717, 1.165) is 16.9 Å². The van der Waals surface area contributed by atoms with Gasteiger partial charge in [0.15, 0.2) is 9.84 Å². The van der Waals surface area contributed by atoms with E-state index in [2.05, 4.69) is 9.97 Å². The molecule has 5 nitrogen and oxygen atoms in total. The predicted molar refractivity (Wildman–Crippen MR) is 66.5 cm³/mol. The van der Waals surface area contributed by atoms with Crippen molar-refractivity contribution in [3.8, 4) is 0 Å². The number of hydrogen-bond acceptors (Lipinski definition) is 4. The Bertz CT molecular complexity index is 675. The number of nitrogens with one attached hydrogen (secondary N) is 1. The molecule has 1 atom stereocenters. The van der Waals surface area contributed by atoms with Crippen LogP contribution in [0.3, 0.4) is 0 Å². The summed E-state index contributed by atoms with van der Waals surface area (Å²) >= 11 is 0. The molecule has 3 rings (SSSR count). The lowest BCUT2D eigenvalue weighted by Gasteiger charge is -2.01. The van der Waals surface area contributed by atoms with Crippen molar-refractivity contribution in [1.82, 2.24) is 9.97 Å². The molecule has 0 aliphatic carbocycles. The van der Waals surface area contributed by atoms with Crippen LogP contribution in [0.4, 0.5) is 5.69 Å². The second kappa shape index (κ2) is 3.46. The lowest BCUT2D eigenvalue weighted by atomic mass is 10.1. The van der Waals surface area contributed by atoms with Gasteiger partial charge < -0.3 is 10.7 Å². The third-order valence-corrected chi connectivity index (χ3v) is 4.95. The Hall–Kier alpha value is -1.56. The molecule has 90 valence electrons. The average molecular weight is 251 g/mol. The smallest absolute Gasteiger partial charge is 0.151 e. The summed E-state index contributed by atoms with van der Waals surface area (Å²) in [4.78, 5) is 7.58. The summed E-state index contributed by atoms with van der Waals surface area (Å²) in [5.41, 5.74) is 8.03. The van der Waals surface area contributed by atoms with Crippen LogP contribution < -0.4 is 5.73 Å². The van der Waals surface area contributed by atoms with Crippen LogP contribution in [0.15, 0.2) is 18.2 Å². The number of fused-ring (bicyclic) bond motifs is 1. The fraction of sp³-hybridized carbons (Fsp3) is 0.364. The van der Waals surface area contributed by atoms with Crippen LogP contribution in [0.1, 0.15) is 18.2 Å². The molecule has 0 amide bonds. The van der Waals surface area contributed by atoms with E-state index in [1.165, 1.54) is 0 Å². The molecule has 0 radical (unpaired) electrons. The summed E-state index contributed by atoms with van der Waals surface area (Å²) < 4.78 is 22.9. The highest BCUT2D eigenvalue weighted by Crippen LogP contribution is 2.29. The quantitative estimate of drug-likeness (QED) is 0.741.